The van der Waals surface area contributed by atoms with Crippen molar-refractivity contribution < 1.29 is 13.9 Å². The summed E-state index contributed by atoms with van der Waals surface area (Å²) in [5.74, 6) is 0.825. The first kappa shape index (κ1) is 14.1. The van der Waals surface area contributed by atoms with Crippen molar-refractivity contribution in [3.8, 4) is 0 Å². The van der Waals surface area contributed by atoms with E-state index in [1.54, 1.807) is 0 Å². The lowest BCUT2D eigenvalue weighted by Crippen LogP contribution is -2.36. The monoisotopic (exact) mass is 288 g/mol. The van der Waals surface area contributed by atoms with Gasteiger partial charge in [0.05, 0.1) is 6.10 Å². The Morgan fingerprint density at radius 2 is 2.19 bits per heavy atom. The molecule has 0 spiro atoms. The second-order valence-electron chi connectivity index (χ2n) is 5.35. The van der Waals surface area contributed by atoms with E-state index in [1.165, 1.54) is 0 Å². The van der Waals surface area contributed by atoms with Gasteiger partial charge < -0.3 is 20.2 Å². The Bertz CT molecular complexity index is 590. The first-order valence-corrected chi connectivity index (χ1v) is 7.37. The van der Waals surface area contributed by atoms with Crippen molar-refractivity contribution >= 4 is 16.9 Å². The van der Waals surface area contributed by atoms with Crippen LogP contribution in [0.1, 0.15) is 18.6 Å². The van der Waals surface area contributed by atoms with Crippen LogP contribution in [0.3, 0.4) is 0 Å². The molecular weight excluding hydrogens is 268 g/mol. The van der Waals surface area contributed by atoms with Crippen molar-refractivity contribution in [3.63, 3.8) is 0 Å². The predicted octanol–water partition coefficient (Wildman–Crippen LogP) is 1.60. The molecule has 112 valence electrons. The fourth-order valence-corrected chi connectivity index (χ4v) is 2.65. The molecule has 1 saturated heterocycles. The van der Waals surface area contributed by atoms with Gasteiger partial charge in [-0.1, -0.05) is 18.2 Å². The summed E-state index contributed by atoms with van der Waals surface area (Å²) in [7, 11) is 0. The molecule has 1 aromatic carbocycles. The van der Waals surface area contributed by atoms with Crippen LogP contribution >= 0.6 is 0 Å². The first-order chi connectivity index (χ1) is 10.3. The SMILES string of the molecule is NC[C@H]1CC[C@@H](C(=O)NCCc2cc3ccccc3o2)O1. The van der Waals surface area contributed by atoms with Crippen LogP contribution in [0.25, 0.3) is 11.0 Å². The summed E-state index contributed by atoms with van der Waals surface area (Å²) in [6, 6.07) is 9.90. The van der Waals surface area contributed by atoms with Crippen LogP contribution in [0.15, 0.2) is 34.7 Å². The number of carbonyl (C=O) groups excluding carboxylic acids is 1. The van der Waals surface area contributed by atoms with Gasteiger partial charge in [-0.15, -0.1) is 0 Å². The third kappa shape index (κ3) is 3.25. The highest BCUT2D eigenvalue weighted by Crippen LogP contribution is 2.20. The topological polar surface area (TPSA) is 77.5 Å². The molecule has 21 heavy (non-hydrogen) atoms. The van der Waals surface area contributed by atoms with E-state index in [1.807, 2.05) is 30.3 Å². The van der Waals surface area contributed by atoms with E-state index in [0.717, 1.165) is 29.6 Å². The van der Waals surface area contributed by atoms with Gasteiger partial charge in [0.1, 0.15) is 17.4 Å². The number of hydrogen-bond acceptors (Lipinski definition) is 4. The van der Waals surface area contributed by atoms with E-state index < -0.39 is 0 Å². The number of para-hydroxylation sites is 1. The molecule has 0 radical (unpaired) electrons. The summed E-state index contributed by atoms with van der Waals surface area (Å²) in [4.78, 5) is 12.0. The number of nitrogens with one attached hydrogen (secondary N) is 1. The predicted molar refractivity (Wildman–Crippen MR) is 79.9 cm³/mol. The minimum Gasteiger partial charge on any atom is -0.461 e. The number of fused-ring (bicyclic) bond motifs is 1. The van der Waals surface area contributed by atoms with Crippen molar-refractivity contribution in [1.82, 2.24) is 5.32 Å². The maximum Gasteiger partial charge on any atom is 0.249 e. The molecule has 2 aromatic rings. The molecular formula is C16H20N2O3. The van der Waals surface area contributed by atoms with Crippen molar-refractivity contribution in [2.75, 3.05) is 13.1 Å². The van der Waals surface area contributed by atoms with Crippen LogP contribution in [-0.2, 0) is 16.0 Å². The molecule has 5 nitrogen and oxygen atoms in total. The highest BCUT2D eigenvalue weighted by atomic mass is 16.5. The molecule has 0 saturated carbocycles. The first-order valence-electron chi connectivity index (χ1n) is 7.37. The van der Waals surface area contributed by atoms with Gasteiger partial charge in [-0.3, -0.25) is 4.79 Å². The highest BCUT2D eigenvalue weighted by Gasteiger charge is 2.29. The number of furan rings is 1. The second kappa shape index (κ2) is 6.28. The number of hydrogen-bond donors (Lipinski definition) is 2. The molecule has 1 aliphatic rings. The number of nitrogens with two attached hydrogens (primary N) is 1. The lowest BCUT2D eigenvalue weighted by molar-refractivity contribution is -0.131. The van der Waals surface area contributed by atoms with E-state index in [-0.39, 0.29) is 18.1 Å². The standard InChI is InChI=1S/C16H20N2O3/c17-10-13-5-6-15(21-13)16(19)18-8-7-12-9-11-3-1-2-4-14(11)20-12/h1-4,9,13,15H,5-8,10,17H2,(H,18,19)/t13-,15+/m1/s1. The summed E-state index contributed by atoms with van der Waals surface area (Å²) in [5.41, 5.74) is 6.42. The van der Waals surface area contributed by atoms with Crippen LogP contribution in [-0.4, -0.2) is 31.2 Å². The van der Waals surface area contributed by atoms with Crippen molar-refractivity contribution in [2.24, 2.45) is 5.73 Å². The fraction of sp³-hybridized carbons (Fsp3) is 0.438. The Hall–Kier alpha value is -1.85. The zero-order valence-corrected chi connectivity index (χ0v) is 11.9. The van der Waals surface area contributed by atoms with Crippen molar-refractivity contribution in [2.45, 2.75) is 31.5 Å². The molecule has 2 heterocycles. The summed E-state index contributed by atoms with van der Waals surface area (Å²) in [5, 5.41) is 3.98. The summed E-state index contributed by atoms with van der Waals surface area (Å²) in [6.07, 6.45) is 1.95. The minimum absolute atomic E-state index is 0.0242. The molecule has 1 aromatic heterocycles. The lowest BCUT2D eigenvalue weighted by atomic mass is 10.2. The Balaban J connectivity index is 1.48. The molecule has 0 unspecified atom stereocenters. The van der Waals surface area contributed by atoms with Crippen molar-refractivity contribution in [1.29, 1.82) is 0 Å². The molecule has 1 aliphatic heterocycles. The van der Waals surface area contributed by atoms with Gasteiger partial charge in [-0.05, 0) is 25.0 Å². The zero-order valence-electron chi connectivity index (χ0n) is 11.9. The molecule has 0 bridgehead atoms. The van der Waals surface area contributed by atoms with Crippen LogP contribution in [0.2, 0.25) is 0 Å². The Labute approximate surface area is 123 Å². The molecule has 3 N–H and O–H groups in total. The van der Waals surface area contributed by atoms with Gasteiger partial charge in [0.15, 0.2) is 0 Å². The Kier molecular flexibility index (Phi) is 4.22. The van der Waals surface area contributed by atoms with Crippen LogP contribution in [0.5, 0.6) is 0 Å². The number of ether oxygens (including phenoxy) is 1. The van der Waals surface area contributed by atoms with Crippen LogP contribution in [0, 0.1) is 0 Å². The third-order valence-corrected chi connectivity index (χ3v) is 3.81. The average molecular weight is 288 g/mol. The summed E-state index contributed by atoms with van der Waals surface area (Å²) >= 11 is 0. The van der Waals surface area contributed by atoms with Gasteiger partial charge in [0, 0.05) is 24.9 Å². The molecule has 1 amide bonds. The summed E-state index contributed by atoms with van der Waals surface area (Å²) < 4.78 is 11.3. The van der Waals surface area contributed by atoms with Crippen molar-refractivity contribution in [3.05, 3.63) is 36.1 Å². The van der Waals surface area contributed by atoms with Gasteiger partial charge >= 0.3 is 0 Å². The van der Waals surface area contributed by atoms with E-state index in [4.69, 9.17) is 14.9 Å². The average Bonchev–Trinajstić information content (AvgIpc) is 3.13. The van der Waals surface area contributed by atoms with E-state index >= 15 is 0 Å². The lowest BCUT2D eigenvalue weighted by Gasteiger charge is -2.12. The minimum atomic E-state index is -0.353. The van der Waals surface area contributed by atoms with E-state index in [2.05, 4.69) is 5.32 Å². The molecule has 1 fully saturated rings. The Morgan fingerprint density at radius 3 is 2.95 bits per heavy atom. The maximum atomic E-state index is 12.0. The number of amides is 1. The fourth-order valence-electron chi connectivity index (χ4n) is 2.65. The van der Waals surface area contributed by atoms with Gasteiger partial charge in [0.25, 0.3) is 0 Å². The van der Waals surface area contributed by atoms with Gasteiger partial charge in [-0.25, -0.2) is 0 Å². The normalized spacial score (nSPS) is 21.8. The van der Waals surface area contributed by atoms with Gasteiger partial charge in [0.2, 0.25) is 5.91 Å². The molecule has 2 atom stereocenters. The van der Waals surface area contributed by atoms with E-state index in [0.29, 0.717) is 19.5 Å². The largest absolute Gasteiger partial charge is 0.461 e. The van der Waals surface area contributed by atoms with Crippen LogP contribution in [0.4, 0.5) is 0 Å². The number of benzene rings is 1. The maximum absolute atomic E-state index is 12.0. The van der Waals surface area contributed by atoms with E-state index in [9.17, 15) is 4.79 Å². The smallest absolute Gasteiger partial charge is 0.249 e. The van der Waals surface area contributed by atoms with Crippen LogP contribution < -0.4 is 11.1 Å². The molecule has 5 heteroatoms. The molecule has 0 aliphatic carbocycles. The molecule has 3 rings (SSSR count). The second-order valence-corrected chi connectivity index (χ2v) is 5.35. The third-order valence-electron chi connectivity index (χ3n) is 3.81. The summed E-state index contributed by atoms with van der Waals surface area (Å²) in [6.45, 7) is 1.02. The van der Waals surface area contributed by atoms with Gasteiger partial charge in [-0.2, -0.15) is 0 Å². The highest BCUT2D eigenvalue weighted by molar-refractivity contribution is 5.81. The number of carbonyl (C=O) groups is 1. The number of rotatable bonds is 5. The quantitative estimate of drug-likeness (QED) is 0.876. The Morgan fingerprint density at radius 1 is 1.33 bits per heavy atom. The zero-order chi connectivity index (χ0) is 14.7.